The molecule has 0 spiro atoms. The Balaban J connectivity index is 1.60. The van der Waals surface area contributed by atoms with Gasteiger partial charge in [-0.3, -0.25) is 30.6 Å². The quantitative estimate of drug-likeness (QED) is 0.538. The van der Waals surface area contributed by atoms with Crippen LogP contribution in [0.1, 0.15) is 30.1 Å². The number of halogens is 1. The van der Waals surface area contributed by atoms with Crippen molar-refractivity contribution in [1.29, 1.82) is 0 Å². The zero-order valence-electron chi connectivity index (χ0n) is 17.0. The highest BCUT2D eigenvalue weighted by Gasteiger charge is 2.25. The molecule has 2 amide bonds. The molecule has 1 heterocycles. The molecule has 1 atom stereocenters. The summed E-state index contributed by atoms with van der Waals surface area (Å²) in [5.41, 5.74) is 4.63. The third-order valence-corrected chi connectivity index (χ3v) is 4.94. The molecule has 2 aromatic carbocycles. The molecule has 164 valence electrons. The summed E-state index contributed by atoms with van der Waals surface area (Å²) >= 11 is 0. The SMILES string of the molecule is C[C@@H]1CCCN(c2ccc(C(=O)NNC(=O)COc3ccccc3F)cc2[N+](=O)[O-])C1. The maximum atomic E-state index is 13.5. The predicted octanol–water partition coefficient (Wildman–Crippen LogP) is 2.81. The summed E-state index contributed by atoms with van der Waals surface area (Å²) < 4.78 is 18.5. The monoisotopic (exact) mass is 430 g/mol. The fraction of sp³-hybridized carbons (Fsp3) is 0.333. The number of amides is 2. The van der Waals surface area contributed by atoms with E-state index in [9.17, 15) is 24.1 Å². The van der Waals surface area contributed by atoms with Gasteiger partial charge in [0.1, 0.15) is 5.69 Å². The molecule has 0 radical (unpaired) electrons. The Morgan fingerprint density at radius 1 is 1.26 bits per heavy atom. The van der Waals surface area contributed by atoms with Crippen molar-refractivity contribution in [3.8, 4) is 5.75 Å². The number of nitro benzene ring substituents is 1. The number of nitro groups is 1. The fourth-order valence-corrected chi connectivity index (χ4v) is 3.43. The lowest BCUT2D eigenvalue weighted by molar-refractivity contribution is -0.384. The third kappa shape index (κ3) is 5.68. The Morgan fingerprint density at radius 2 is 2.03 bits per heavy atom. The van der Waals surface area contributed by atoms with Crippen LogP contribution < -0.4 is 20.5 Å². The number of carbonyl (C=O) groups is 2. The summed E-state index contributed by atoms with van der Waals surface area (Å²) in [6.07, 6.45) is 2.02. The fourth-order valence-electron chi connectivity index (χ4n) is 3.43. The number of ether oxygens (including phenoxy) is 1. The molecule has 10 heteroatoms. The maximum absolute atomic E-state index is 13.5. The van der Waals surface area contributed by atoms with Crippen molar-refractivity contribution in [2.24, 2.45) is 5.92 Å². The molecule has 1 fully saturated rings. The first-order valence-corrected chi connectivity index (χ1v) is 9.85. The van der Waals surface area contributed by atoms with Gasteiger partial charge in [-0.15, -0.1) is 0 Å². The Labute approximate surface area is 178 Å². The van der Waals surface area contributed by atoms with Gasteiger partial charge in [-0.05, 0) is 43.0 Å². The van der Waals surface area contributed by atoms with E-state index in [1.807, 2.05) is 4.90 Å². The lowest BCUT2D eigenvalue weighted by atomic mass is 9.99. The van der Waals surface area contributed by atoms with Gasteiger partial charge in [-0.2, -0.15) is 0 Å². The van der Waals surface area contributed by atoms with E-state index in [2.05, 4.69) is 17.8 Å². The van der Waals surface area contributed by atoms with Crippen molar-refractivity contribution in [3.63, 3.8) is 0 Å². The van der Waals surface area contributed by atoms with Crippen LogP contribution in [0.25, 0.3) is 0 Å². The summed E-state index contributed by atoms with van der Waals surface area (Å²) in [7, 11) is 0. The van der Waals surface area contributed by atoms with Crippen LogP contribution in [0.5, 0.6) is 5.75 Å². The zero-order valence-corrected chi connectivity index (χ0v) is 17.0. The second kappa shape index (κ2) is 9.88. The van der Waals surface area contributed by atoms with E-state index in [1.54, 1.807) is 12.1 Å². The van der Waals surface area contributed by atoms with Gasteiger partial charge < -0.3 is 9.64 Å². The van der Waals surface area contributed by atoms with Crippen LogP contribution in [0.2, 0.25) is 0 Å². The number of benzene rings is 2. The molecule has 1 saturated heterocycles. The number of carbonyl (C=O) groups excluding carboxylic acids is 2. The number of anilines is 1. The average Bonchev–Trinajstić information content (AvgIpc) is 2.76. The van der Waals surface area contributed by atoms with Crippen molar-refractivity contribution in [3.05, 3.63) is 64.0 Å². The highest BCUT2D eigenvalue weighted by Crippen LogP contribution is 2.32. The Hall–Kier alpha value is -3.69. The maximum Gasteiger partial charge on any atom is 0.293 e. The summed E-state index contributed by atoms with van der Waals surface area (Å²) in [5.74, 6) is -1.72. The predicted molar refractivity (Wildman–Crippen MR) is 111 cm³/mol. The van der Waals surface area contributed by atoms with Crippen molar-refractivity contribution < 1.29 is 23.6 Å². The highest BCUT2D eigenvalue weighted by molar-refractivity contribution is 5.96. The first kappa shape index (κ1) is 22.0. The summed E-state index contributed by atoms with van der Waals surface area (Å²) in [5, 5.41) is 11.6. The lowest BCUT2D eigenvalue weighted by Gasteiger charge is -2.32. The van der Waals surface area contributed by atoms with Crippen molar-refractivity contribution in [2.75, 3.05) is 24.6 Å². The Kier molecular flexibility index (Phi) is 7.01. The summed E-state index contributed by atoms with van der Waals surface area (Å²) in [6.45, 7) is 3.01. The highest BCUT2D eigenvalue weighted by atomic mass is 19.1. The van der Waals surface area contributed by atoms with Gasteiger partial charge in [-0.25, -0.2) is 4.39 Å². The minimum absolute atomic E-state index is 0.0239. The number of rotatable bonds is 6. The molecule has 1 aliphatic heterocycles. The molecule has 9 nitrogen and oxygen atoms in total. The van der Waals surface area contributed by atoms with Gasteiger partial charge in [0.2, 0.25) is 0 Å². The van der Waals surface area contributed by atoms with E-state index in [0.29, 0.717) is 18.2 Å². The van der Waals surface area contributed by atoms with Gasteiger partial charge in [0.15, 0.2) is 18.2 Å². The second-order valence-corrected chi connectivity index (χ2v) is 7.38. The Morgan fingerprint density at radius 3 is 2.74 bits per heavy atom. The largest absolute Gasteiger partial charge is 0.481 e. The molecule has 0 saturated carbocycles. The van der Waals surface area contributed by atoms with Crippen molar-refractivity contribution >= 4 is 23.2 Å². The van der Waals surface area contributed by atoms with Gasteiger partial charge in [-0.1, -0.05) is 19.1 Å². The molecule has 0 aromatic heterocycles. The minimum Gasteiger partial charge on any atom is -0.481 e. The standard InChI is InChI=1S/C21H23FN4O5/c1-14-5-4-10-25(12-14)17-9-8-15(11-18(17)26(29)30)21(28)24-23-20(27)13-31-19-7-3-2-6-16(19)22/h2-3,6-9,11,14H,4-5,10,12-13H2,1H3,(H,23,27)(H,24,28)/t14-/m1/s1. The van der Waals surface area contributed by atoms with E-state index in [-0.39, 0.29) is 17.0 Å². The lowest BCUT2D eigenvalue weighted by Crippen LogP contribution is -2.43. The molecule has 31 heavy (non-hydrogen) atoms. The van der Waals surface area contributed by atoms with Crippen molar-refractivity contribution in [2.45, 2.75) is 19.8 Å². The van der Waals surface area contributed by atoms with Crippen LogP contribution >= 0.6 is 0 Å². The number of nitrogens with one attached hydrogen (secondary N) is 2. The molecule has 3 rings (SSSR count). The molecule has 0 aliphatic carbocycles. The van der Waals surface area contributed by atoms with Crippen LogP contribution in [0, 0.1) is 21.8 Å². The number of piperidine rings is 1. The number of nitrogens with zero attached hydrogens (tertiary/aromatic N) is 2. The molecule has 0 bridgehead atoms. The molecular weight excluding hydrogens is 407 g/mol. The van der Waals surface area contributed by atoms with Gasteiger partial charge >= 0.3 is 0 Å². The second-order valence-electron chi connectivity index (χ2n) is 7.38. The van der Waals surface area contributed by atoms with Crippen molar-refractivity contribution in [1.82, 2.24) is 10.9 Å². The molecular formula is C21H23FN4O5. The topological polar surface area (TPSA) is 114 Å². The molecule has 1 aliphatic rings. The van der Waals surface area contributed by atoms with Crippen LogP contribution in [0.4, 0.5) is 15.8 Å². The number of hydrogen-bond donors (Lipinski definition) is 2. The van der Waals surface area contributed by atoms with Crippen LogP contribution in [0.3, 0.4) is 0 Å². The number of hydrazine groups is 1. The number of hydrogen-bond acceptors (Lipinski definition) is 6. The number of para-hydroxylation sites is 1. The van der Waals surface area contributed by atoms with E-state index in [4.69, 9.17) is 4.74 Å². The molecule has 2 N–H and O–H groups in total. The third-order valence-electron chi connectivity index (χ3n) is 4.94. The molecule has 0 unspecified atom stereocenters. The minimum atomic E-state index is -0.721. The van der Waals surface area contributed by atoms with Crippen LogP contribution in [-0.4, -0.2) is 36.4 Å². The van der Waals surface area contributed by atoms with E-state index < -0.39 is 29.2 Å². The smallest absolute Gasteiger partial charge is 0.293 e. The first-order chi connectivity index (χ1) is 14.8. The van der Waals surface area contributed by atoms with Gasteiger partial charge in [0.25, 0.3) is 17.5 Å². The van der Waals surface area contributed by atoms with E-state index in [0.717, 1.165) is 19.4 Å². The normalized spacial score (nSPS) is 15.8. The summed E-state index contributed by atoms with van der Waals surface area (Å²) in [4.78, 5) is 37.2. The van der Waals surface area contributed by atoms with Gasteiger partial charge in [0.05, 0.1) is 4.92 Å². The van der Waals surface area contributed by atoms with Crippen LogP contribution in [0.15, 0.2) is 42.5 Å². The van der Waals surface area contributed by atoms with E-state index >= 15 is 0 Å². The first-order valence-electron chi connectivity index (χ1n) is 9.85. The van der Waals surface area contributed by atoms with E-state index in [1.165, 1.54) is 30.3 Å². The summed E-state index contributed by atoms with van der Waals surface area (Å²) in [6, 6.07) is 9.80. The average molecular weight is 430 g/mol. The molecule has 2 aromatic rings. The van der Waals surface area contributed by atoms with Gasteiger partial charge in [0, 0.05) is 24.7 Å². The zero-order chi connectivity index (χ0) is 22.4. The Bertz CT molecular complexity index is 984. The van der Waals surface area contributed by atoms with Crippen LogP contribution in [-0.2, 0) is 4.79 Å².